The predicted molar refractivity (Wildman–Crippen MR) is 74.3 cm³/mol. The Bertz CT molecular complexity index is 348. The van der Waals surface area contributed by atoms with Crippen LogP contribution in [0.25, 0.3) is 0 Å². The van der Waals surface area contributed by atoms with Gasteiger partial charge in [-0.2, -0.15) is 0 Å². The standard InChI is InChI=1S/C14H24N2S/c1-4-14-16-13(9-17-14)8-15-12-6-5-10(2)11(3)7-12/h9-12,15H,4-8H2,1-3H3. The normalized spacial score (nSPS) is 29.5. The number of hydrogen-bond donors (Lipinski definition) is 1. The van der Waals surface area contributed by atoms with Crippen LogP contribution in [0.3, 0.4) is 0 Å². The zero-order valence-corrected chi connectivity index (χ0v) is 12.0. The topological polar surface area (TPSA) is 24.9 Å². The molecule has 1 saturated carbocycles. The van der Waals surface area contributed by atoms with E-state index >= 15 is 0 Å². The van der Waals surface area contributed by atoms with Gasteiger partial charge >= 0.3 is 0 Å². The Labute approximate surface area is 109 Å². The highest BCUT2D eigenvalue weighted by atomic mass is 32.1. The number of aryl methyl sites for hydroxylation is 1. The quantitative estimate of drug-likeness (QED) is 0.885. The molecule has 3 unspecified atom stereocenters. The average molecular weight is 252 g/mol. The Hall–Kier alpha value is -0.410. The molecule has 1 aliphatic rings. The van der Waals surface area contributed by atoms with Crippen LogP contribution >= 0.6 is 11.3 Å². The lowest BCUT2D eigenvalue weighted by molar-refractivity contribution is 0.225. The van der Waals surface area contributed by atoms with Crippen molar-refractivity contribution in [1.29, 1.82) is 0 Å². The zero-order chi connectivity index (χ0) is 12.3. The van der Waals surface area contributed by atoms with Gasteiger partial charge in [-0.1, -0.05) is 20.8 Å². The lowest BCUT2D eigenvalue weighted by Gasteiger charge is -2.32. The summed E-state index contributed by atoms with van der Waals surface area (Å²) >= 11 is 1.79. The Morgan fingerprint density at radius 3 is 2.82 bits per heavy atom. The molecule has 0 spiro atoms. The molecule has 2 nitrogen and oxygen atoms in total. The maximum Gasteiger partial charge on any atom is 0.0926 e. The maximum atomic E-state index is 4.60. The molecule has 1 heterocycles. The second kappa shape index (κ2) is 5.96. The monoisotopic (exact) mass is 252 g/mol. The predicted octanol–water partition coefficient (Wildman–Crippen LogP) is 3.62. The fourth-order valence-electron chi connectivity index (χ4n) is 2.57. The summed E-state index contributed by atoms with van der Waals surface area (Å²) in [6, 6.07) is 0.702. The van der Waals surface area contributed by atoms with E-state index in [0.717, 1.165) is 24.8 Å². The number of rotatable bonds is 4. The first kappa shape index (κ1) is 13.0. The Kier molecular flexibility index (Phi) is 4.57. The van der Waals surface area contributed by atoms with Gasteiger partial charge in [0.2, 0.25) is 0 Å². The SMILES string of the molecule is CCc1nc(CNC2CCC(C)C(C)C2)cs1. The van der Waals surface area contributed by atoms with Crippen molar-refractivity contribution in [2.75, 3.05) is 0 Å². The molecule has 3 atom stereocenters. The summed E-state index contributed by atoms with van der Waals surface area (Å²) in [5, 5.41) is 7.12. The highest BCUT2D eigenvalue weighted by Crippen LogP contribution is 2.29. The third kappa shape index (κ3) is 3.52. The first-order chi connectivity index (χ1) is 8.19. The molecule has 2 rings (SSSR count). The molecule has 1 N–H and O–H groups in total. The van der Waals surface area contributed by atoms with E-state index in [-0.39, 0.29) is 0 Å². The van der Waals surface area contributed by atoms with Crippen LogP contribution in [0, 0.1) is 11.8 Å². The molecule has 1 aromatic rings. The van der Waals surface area contributed by atoms with Crippen LogP contribution in [0.2, 0.25) is 0 Å². The van der Waals surface area contributed by atoms with Crippen molar-refractivity contribution in [2.24, 2.45) is 11.8 Å². The zero-order valence-electron chi connectivity index (χ0n) is 11.2. The van der Waals surface area contributed by atoms with Crippen molar-refractivity contribution in [3.05, 3.63) is 16.1 Å². The number of nitrogens with zero attached hydrogens (tertiary/aromatic N) is 1. The molecule has 0 aliphatic heterocycles. The van der Waals surface area contributed by atoms with Gasteiger partial charge in [-0.3, -0.25) is 0 Å². The molecule has 1 fully saturated rings. The third-order valence-corrected chi connectivity index (χ3v) is 5.11. The first-order valence-electron chi connectivity index (χ1n) is 6.85. The van der Waals surface area contributed by atoms with Crippen molar-refractivity contribution in [1.82, 2.24) is 10.3 Å². The number of nitrogens with one attached hydrogen (secondary N) is 1. The van der Waals surface area contributed by atoms with Crippen LogP contribution < -0.4 is 5.32 Å². The summed E-state index contributed by atoms with van der Waals surface area (Å²) in [5.41, 5.74) is 1.22. The van der Waals surface area contributed by atoms with Crippen molar-refractivity contribution < 1.29 is 0 Å². The Morgan fingerprint density at radius 1 is 1.35 bits per heavy atom. The van der Waals surface area contributed by atoms with Crippen LogP contribution in [-0.4, -0.2) is 11.0 Å². The van der Waals surface area contributed by atoms with Crippen LogP contribution in [0.15, 0.2) is 5.38 Å². The lowest BCUT2D eigenvalue weighted by Crippen LogP contribution is -2.35. The second-order valence-electron chi connectivity index (χ2n) is 5.43. The summed E-state index contributed by atoms with van der Waals surface area (Å²) in [5.74, 6) is 1.77. The molecule has 1 aromatic heterocycles. The smallest absolute Gasteiger partial charge is 0.0926 e. The molecular formula is C14H24N2S. The summed E-state index contributed by atoms with van der Waals surface area (Å²) in [7, 11) is 0. The van der Waals surface area contributed by atoms with Gasteiger partial charge in [-0.15, -0.1) is 11.3 Å². The molecule has 0 aromatic carbocycles. The number of hydrogen-bond acceptors (Lipinski definition) is 3. The van der Waals surface area contributed by atoms with Gasteiger partial charge in [0.05, 0.1) is 10.7 Å². The van der Waals surface area contributed by atoms with Crippen molar-refractivity contribution >= 4 is 11.3 Å². The summed E-state index contributed by atoms with van der Waals surface area (Å²) < 4.78 is 0. The van der Waals surface area contributed by atoms with Crippen LogP contribution in [-0.2, 0) is 13.0 Å². The maximum absolute atomic E-state index is 4.60. The third-order valence-electron chi connectivity index (χ3n) is 4.07. The Morgan fingerprint density at radius 2 is 2.18 bits per heavy atom. The second-order valence-corrected chi connectivity index (χ2v) is 6.37. The van der Waals surface area contributed by atoms with E-state index in [1.165, 1.54) is 30.0 Å². The molecule has 1 aliphatic carbocycles. The van der Waals surface area contributed by atoms with Crippen LogP contribution in [0.1, 0.15) is 50.7 Å². The van der Waals surface area contributed by atoms with Gasteiger partial charge in [0.25, 0.3) is 0 Å². The van der Waals surface area contributed by atoms with Gasteiger partial charge in [0, 0.05) is 18.0 Å². The van der Waals surface area contributed by atoms with Crippen molar-refractivity contribution in [3.63, 3.8) is 0 Å². The van der Waals surface area contributed by atoms with Crippen LogP contribution in [0.5, 0.6) is 0 Å². The van der Waals surface area contributed by atoms with Gasteiger partial charge in [0.15, 0.2) is 0 Å². The van der Waals surface area contributed by atoms with E-state index in [1.807, 2.05) is 0 Å². The van der Waals surface area contributed by atoms with E-state index in [4.69, 9.17) is 0 Å². The molecule has 0 saturated heterocycles. The number of aromatic nitrogens is 1. The van der Waals surface area contributed by atoms with E-state index in [2.05, 4.69) is 36.5 Å². The van der Waals surface area contributed by atoms with E-state index in [1.54, 1.807) is 11.3 Å². The van der Waals surface area contributed by atoms with Crippen molar-refractivity contribution in [2.45, 2.75) is 59.0 Å². The lowest BCUT2D eigenvalue weighted by atomic mass is 9.79. The molecule has 17 heavy (non-hydrogen) atoms. The summed E-state index contributed by atoms with van der Waals surface area (Å²) in [4.78, 5) is 4.60. The van der Waals surface area contributed by atoms with Gasteiger partial charge in [0.1, 0.15) is 0 Å². The Balaban J connectivity index is 1.78. The van der Waals surface area contributed by atoms with Crippen molar-refractivity contribution in [3.8, 4) is 0 Å². The van der Waals surface area contributed by atoms with Gasteiger partial charge in [-0.25, -0.2) is 4.98 Å². The minimum absolute atomic E-state index is 0.702. The first-order valence-corrected chi connectivity index (χ1v) is 7.73. The molecular weight excluding hydrogens is 228 g/mol. The molecule has 96 valence electrons. The minimum atomic E-state index is 0.702. The number of thiazole rings is 1. The highest BCUT2D eigenvalue weighted by molar-refractivity contribution is 7.09. The van der Waals surface area contributed by atoms with Gasteiger partial charge in [-0.05, 0) is 37.5 Å². The molecule has 0 radical (unpaired) electrons. The van der Waals surface area contributed by atoms with E-state index in [0.29, 0.717) is 6.04 Å². The van der Waals surface area contributed by atoms with E-state index in [9.17, 15) is 0 Å². The molecule has 0 amide bonds. The molecule has 3 heteroatoms. The molecule has 0 bridgehead atoms. The highest BCUT2D eigenvalue weighted by Gasteiger charge is 2.24. The van der Waals surface area contributed by atoms with E-state index < -0.39 is 0 Å². The van der Waals surface area contributed by atoms with Crippen LogP contribution in [0.4, 0.5) is 0 Å². The largest absolute Gasteiger partial charge is 0.308 e. The minimum Gasteiger partial charge on any atom is -0.308 e. The van der Waals surface area contributed by atoms with Gasteiger partial charge < -0.3 is 5.32 Å². The average Bonchev–Trinajstić information content (AvgIpc) is 2.79. The fraction of sp³-hybridized carbons (Fsp3) is 0.786. The fourth-order valence-corrected chi connectivity index (χ4v) is 3.32. The summed E-state index contributed by atoms with van der Waals surface area (Å²) in [6.07, 6.45) is 5.08. The summed E-state index contributed by atoms with van der Waals surface area (Å²) in [6.45, 7) is 7.88.